The van der Waals surface area contributed by atoms with E-state index in [2.05, 4.69) is 5.32 Å². The molecule has 0 saturated carbocycles. The van der Waals surface area contributed by atoms with Crippen molar-refractivity contribution in [3.05, 3.63) is 30.1 Å². The lowest BCUT2D eigenvalue weighted by Crippen LogP contribution is -2.35. The molecule has 1 atom stereocenters. The fourth-order valence-electron chi connectivity index (χ4n) is 1.83. The molecule has 1 aromatic carbocycles. The van der Waals surface area contributed by atoms with Gasteiger partial charge in [0.25, 0.3) is 5.24 Å². The van der Waals surface area contributed by atoms with Gasteiger partial charge in [0.1, 0.15) is 17.6 Å². The SMILES string of the molecule is O=C(O)CNC(=O)CC1SC(=O)N(c2ccc(F)cc2)C1=O. The fourth-order valence-corrected chi connectivity index (χ4v) is 2.81. The summed E-state index contributed by atoms with van der Waals surface area (Å²) in [6.07, 6.45) is -0.305. The molecule has 1 unspecified atom stereocenters. The number of halogens is 1. The maximum absolute atomic E-state index is 12.9. The summed E-state index contributed by atoms with van der Waals surface area (Å²) in [6.45, 7) is -0.556. The van der Waals surface area contributed by atoms with Gasteiger partial charge in [0.2, 0.25) is 11.8 Å². The van der Waals surface area contributed by atoms with Crippen LogP contribution in [0.1, 0.15) is 6.42 Å². The Morgan fingerprint density at radius 1 is 1.27 bits per heavy atom. The highest BCUT2D eigenvalue weighted by Gasteiger charge is 2.41. The highest BCUT2D eigenvalue weighted by atomic mass is 32.2. The third-order valence-electron chi connectivity index (χ3n) is 2.81. The van der Waals surface area contributed by atoms with Crippen LogP contribution < -0.4 is 10.2 Å². The predicted octanol–water partition coefficient (Wildman–Crippen LogP) is 0.985. The molecule has 1 aromatic rings. The topological polar surface area (TPSA) is 104 Å². The molecule has 1 fully saturated rings. The van der Waals surface area contributed by atoms with E-state index >= 15 is 0 Å². The summed E-state index contributed by atoms with van der Waals surface area (Å²) in [6, 6.07) is 4.82. The van der Waals surface area contributed by atoms with Gasteiger partial charge in [-0.3, -0.25) is 19.2 Å². The van der Waals surface area contributed by atoms with Crippen molar-refractivity contribution in [1.82, 2.24) is 5.32 Å². The Balaban J connectivity index is 2.04. The Morgan fingerprint density at radius 2 is 1.91 bits per heavy atom. The third kappa shape index (κ3) is 3.61. The molecule has 116 valence electrons. The van der Waals surface area contributed by atoms with Gasteiger partial charge < -0.3 is 10.4 Å². The molecule has 3 amide bonds. The minimum Gasteiger partial charge on any atom is -0.480 e. The molecule has 0 aliphatic carbocycles. The minimum atomic E-state index is -1.21. The molecule has 0 bridgehead atoms. The smallest absolute Gasteiger partial charge is 0.322 e. The van der Waals surface area contributed by atoms with Gasteiger partial charge in [0.15, 0.2) is 0 Å². The van der Waals surface area contributed by atoms with E-state index in [1.807, 2.05) is 0 Å². The van der Waals surface area contributed by atoms with Gasteiger partial charge in [-0.05, 0) is 36.0 Å². The molecule has 7 nitrogen and oxygen atoms in total. The average molecular weight is 326 g/mol. The molecular formula is C13H11FN2O5S. The molecule has 2 rings (SSSR count). The van der Waals surface area contributed by atoms with E-state index in [0.29, 0.717) is 11.8 Å². The Hall–Kier alpha value is -2.42. The standard InChI is InChI=1S/C13H11FN2O5S/c14-7-1-3-8(4-2-7)16-12(20)9(22-13(16)21)5-10(17)15-6-11(18)19/h1-4,9H,5-6H2,(H,15,17)(H,18,19). The number of amides is 3. The number of aliphatic carboxylic acids is 1. The van der Waals surface area contributed by atoms with Crippen LogP contribution in [0.4, 0.5) is 14.9 Å². The summed E-state index contributed by atoms with van der Waals surface area (Å²) >= 11 is 0.679. The summed E-state index contributed by atoms with van der Waals surface area (Å²) < 4.78 is 12.9. The largest absolute Gasteiger partial charge is 0.480 e. The highest BCUT2D eigenvalue weighted by molar-refractivity contribution is 8.15. The zero-order chi connectivity index (χ0) is 16.3. The molecule has 0 radical (unpaired) electrons. The molecule has 22 heavy (non-hydrogen) atoms. The van der Waals surface area contributed by atoms with Crippen molar-refractivity contribution < 1.29 is 28.7 Å². The van der Waals surface area contributed by atoms with Crippen LogP contribution in [-0.2, 0) is 14.4 Å². The number of carboxylic acid groups (broad SMARTS) is 1. The summed E-state index contributed by atoms with van der Waals surface area (Å²) in [4.78, 5) is 46.8. The first kappa shape index (κ1) is 16.0. The van der Waals surface area contributed by atoms with Crippen LogP contribution in [0, 0.1) is 5.82 Å². The molecule has 9 heteroatoms. The average Bonchev–Trinajstić information content (AvgIpc) is 2.72. The van der Waals surface area contributed by atoms with Crippen molar-refractivity contribution in [2.45, 2.75) is 11.7 Å². The molecule has 1 saturated heterocycles. The zero-order valence-electron chi connectivity index (χ0n) is 11.1. The van der Waals surface area contributed by atoms with Crippen LogP contribution in [0.2, 0.25) is 0 Å². The number of carboxylic acids is 1. The van der Waals surface area contributed by atoms with Crippen molar-refractivity contribution in [1.29, 1.82) is 0 Å². The number of rotatable bonds is 5. The number of nitrogens with zero attached hydrogens (tertiary/aromatic N) is 1. The molecule has 1 aliphatic rings. The number of benzene rings is 1. The molecule has 0 spiro atoms. The van der Waals surface area contributed by atoms with Crippen LogP contribution in [0.3, 0.4) is 0 Å². The molecule has 2 N–H and O–H groups in total. The van der Waals surface area contributed by atoms with Crippen LogP contribution in [0.15, 0.2) is 24.3 Å². The molecule has 0 aromatic heterocycles. The minimum absolute atomic E-state index is 0.220. The maximum atomic E-state index is 12.9. The number of imide groups is 1. The van der Waals surface area contributed by atoms with Gasteiger partial charge in [0.05, 0.1) is 5.69 Å². The number of anilines is 1. The van der Waals surface area contributed by atoms with E-state index in [9.17, 15) is 23.6 Å². The summed E-state index contributed by atoms with van der Waals surface area (Å²) in [5.74, 6) is -2.93. The van der Waals surface area contributed by atoms with E-state index in [1.54, 1.807) is 0 Å². The second-order valence-corrected chi connectivity index (χ2v) is 5.55. The second kappa shape index (κ2) is 6.56. The fraction of sp³-hybridized carbons (Fsp3) is 0.231. The van der Waals surface area contributed by atoms with Crippen molar-refractivity contribution >= 4 is 40.5 Å². The first-order valence-corrected chi connectivity index (χ1v) is 7.05. The summed E-state index contributed by atoms with van der Waals surface area (Å²) in [5.41, 5.74) is 0.220. The number of hydrogen-bond donors (Lipinski definition) is 2. The van der Waals surface area contributed by atoms with Crippen LogP contribution in [-0.4, -0.2) is 39.9 Å². The Bertz CT molecular complexity index is 634. The highest BCUT2D eigenvalue weighted by Crippen LogP contribution is 2.33. The lowest BCUT2D eigenvalue weighted by Gasteiger charge is -2.13. The molecule has 1 heterocycles. The number of hydrogen-bond acceptors (Lipinski definition) is 5. The van der Waals surface area contributed by atoms with Crippen molar-refractivity contribution in [2.75, 3.05) is 11.4 Å². The number of nitrogens with one attached hydrogen (secondary N) is 1. The monoisotopic (exact) mass is 326 g/mol. The Kier molecular flexibility index (Phi) is 4.76. The third-order valence-corrected chi connectivity index (χ3v) is 3.85. The molecular weight excluding hydrogens is 315 g/mol. The molecule has 1 aliphatic heterocycles. The first-order valence-electron chi connectivity index (χ1n) is 6.17. The lowest BCUT2D eigenvalue weighted by atomic mass is 10.2. The van der Waals surface area contributed by atoms with Gasteiger partial charge in [-0.1, -0.05) is 0 Å². The Morgan fingerprint density at radius 3 is 2.50 bits per heavy atom. The lowest BCUT2D eigenvalue weighted by molar-refractivity contribution is -0.137. The van der Waals surface area contributed by atoms with E-state index in [4.69, 9.17) is 5.11 Å². The first-order chi connectivity index (χ1) is 10.4. The number of thioether (sulfide) groups is 1. The summed E-state index contributed by atoms with van der Waals surface area (Å²) in [5, 5.41) is 9.09. The van der Waals surface area contributed by atoms with Crippen molar-refractivity contribution in [2.24, 2.45) is 0 Å². The van der Waals surface area contributed by atoms with Gasteiger partial charge in [0, 0.05) is 6.42 Å². The van der Waals surface area contributed by atoms with Gasteiger partial charge in [-0.25, -0.2) is 9.29 Å². The number of carbonyl (C=O) groups is 4. The van der Waals surface area contributed by atoms with E-state index in [1.165, 1.54) is 12.1 Å². The number of carbonyl (C=O) groups excluding carboxylic acids is 3. The Labute approximate surface area is 128 Å². The van der Waals surface area contributed by atoms with Gasteiger partial charge in [-0.2, -0.15) is 0 Å². The van der Waals surface area contributed by atoms with Crippen LogP contribution in [0.25, 0.3) is 0 Å². The maximum Gasteiger partial charge on any atom is 0.322 e. The van der Waals surface area contributed by atoms with Crippen LogP contribution >= 0.6 is 11.8 Å². The summed E-state index contributed by atoms with van der Waals surface area (Å²) in [7, 11) is 0. The van der Waals surface area contributed by atoms with E-state index in [0.717, 1.165) is 17.0 Å². The quantitative estimate of drug-likeness (QED) is 0.836. The second-order valence-electron chi connectivity index (χ2n) is 4.40. The van der Waals surface area contributed by atoms with E-state index < -0.39 is 40.6 Å². The van der Waals surface area contributed by atoms with Crippen molar-refractivity contribution in [3.8, 4) is 0 Å². The van der Waals surface area contributed by atoms with Gasteiger partial charge in [-0.15, -0.1) is 0 Å². The van der Waals surface area contributed by atoms with Crippen LogP contribution in [0.5, 0.6) is 0 Å². The predicted molar refractivity (Wildman–Crippen MR) is 75.9 cm³/mol. The van der Waals surface area contributed by atoms with E-state index in [-0.39, 0.29) is 12.1 Å². The van der Waals surface area contributed by atoms with Crippen molar-refractivity contribution in [3.63, 3.8) is 0 Å². The zero-order valence-corrected chi connectivity index (χ0v) is 11.9. The normalized spacial score (nSPS) is 17.7. The van der Waals surface area contributed by atoms with Gasteiger partial charge >= 0.3 is 5.97 Å².